The Kier molecular flexibility index (Phi) is 62.4. The van der Waals surface area contributed by atoms with Gasteiger partial charge in [0.15, 0.2) is 0 Å². The Balaban J connectivity index is 3.34. The van der Waals surface area contributed by atoms with E-state index in [1.165, 1.54) is 295 Å². The normalized spacial score (nSPS) is 12.6. The van der Waals surface area contributed by atoms with E-state index in [0.29, 0.717) is 25.9 Å². The average molecular weight is 1040 g/mol. The molecule has 1 amide bonds. The van der Waals surface area contributed by atoms with Crippen molar-refractivity contribution in [3.63, 3.8) is 0 Å². The topological polar surface area (TPSA) is 95.9 Å². The van der Waals surface area contributed by atoms with E-state index in [1.54, 1.807) is 0 Å². The van der Waals surface area contributed by atoms with Crippen LogP contribution in [0.1, 0.15) is 373 Å². The van der Waals surface area contributed by atoms with Gasteiger partial charge in [-0.3, -0.25) is 9.59 Å². The molecule has 0 saturated carbocycles. The van der Waals surface area contributed by atoms with Crippen LogP contribution >= 0.6 is 0 Å². The molecular formula is C68H131NO5. The molecule has 0 heterocycles. The summed E-state index contributed by atoms with van der Waals surface area (Å²) in [7, 11) is 0. The zero-order valence-corrected chi connectivity index (χ0v) is 50.1. The molecule has 6 nitrogen and oxygen atoms in total. The number of aliphatic hydroxyl groups excluding tert-OH is 2. The van der Waals surface area contributed by atoms with Gasteiger partial charge in [0.05, 0.1) is 25.4 Å². The SMILES string of the molecule is CCCCCCCC/C=C\CCCCCCCCCC(=O)OCCCCCCCCCCCCCC/C=C\CCCCCCCCCCCCCCCC(=O)NC(CO)C(O)CCCCCCCCCCCCC. The number of nitrogens with one attached hydrogen (secondary N) is 1. The molecule has 0 aromatic heterocycles. The molecule has 0 aromatic carbocycles. The van der Waals surface area contributed by atoms with Crippen molar-refractivity contribution in [3.05, 3.63) is 24.3 Å². The van der Waals surface area contributed by atoms with E-state index in [0.717, 1.165) is 44.9 Å². The maximum Gasteiger partial charge on any atom is 0.305 e. The monoisotopic (exact) mass is 1040 g/mol. The summed E-state index contributed by atoms with van der Waals surface area (Å²) in [6.07, 6.45) is 79.3. The molecular weight excluding hydrogens is 911 g/mol. The summed E-state index contributed by atoms with van der Waals surface area (Å²) in [5.74, 6) is -0.0201. The van der Waals surface area contributed by atoms with Crippen molar-refractivity contribution in [2.45, 2.75) is 386 Å². The third-order valence-electron chi connectivity index (χ3n) is 15.7. The Bertz CT molecular complexity index is 1150. The van der Waals surface area contributed by atoms with Crippen molar-refractivity contribution in [3.8, 4) is 0 Å². The molecule has 0 spiro atoms. The predicted octanol–water partition coefficient (Wildman–Crippen LogP) is 21.4. The number of hydrogen-bond donors (Lipinski definition) is 3. The second-order valence-corrected chi connectivity index (χ2v) is 23.1. The van der Waals surface area contributed by atoms with E-state index >= 15 is 0 Å². The summed E-state index contributed by atoms with van der Waals surface area (Å²) in [6.45, 7) is 4.96. The quantitative estimate of drug-likeness (QED) is 0.0320. The van der Waals surface area contributed by atoms with Gasteiger partial charge < -0.3 is 20.3 Å². The van der Waals surface area contributed by atoms with Gasteiger partial charge >= 0.3 is 5.97 Å². The van der Waals surface area contributed by atoms with E-state index < -0.39 is 12.1 Å². The van der Waals surface area contributed by atoms with E-state index in [2.05, 4.69) is 43.5 Å². The van der Waals surface area contributed by atoms with Crippen LogP contribution in [0, 0.1) is 0 Å². The second-order valence-electron chi connectivity index (χ2n) is 23.1. The number of hydrogen-bond acceptors (Lipinski definition) is 5. The van der Waals surface area contributed by atoms with Crippen molar-refractivity contribution < 1.29 is 24.5 Å². The van der Waals surface area contributed by atoms with Crippen LogP contribution in [0.3, 0.4) is 0 Å². The highest BCUT2D eigenvalue weighted by Gasteiger charge is 2.20. The highest BCUT2D eigenvalue weighted by Crippen LogP contribution is 2.18. The molecule has 0 rings (SSSR count). The first-order chi connectivity index (χ1) is 36.5. The minimum Gasteiger partial charge on any atom is -0.466 e. The molecule has 0 aliphatic heterocycles. The van der Waals surface area contributed by atoms with Crippen LogP contribution in [-0.2, 0) is 14.3 Å². The number of aliphatic hydroxyl groups is 2. The van der Waals surface area contributed by atoms with Gasteiger partial charge in [-0.05, 0) is 77.0 Å². The third kappa shape index (κ3) is 59.6. The van der Waals surface area contributed by atoms with Crippen LogP contribution in [0.2, 0.25) is 0 Å². The molecule has 0 aromatic rings. The van der Waals surface area contributed by atoms with Crippen molar-refractivity contribution in [2.24, 2.45) is 0 Å². The summed E-state index contributed by atoms with van der Waals surface area (Å²) in [5.41, 5.74) is 0. The van der Waals surface area contributed by atoms with Gasteiger partial charge in [-0.15, -0.1) is 0 Å². The molecule has 3 N–H and O–H groups in total. The molecule has 0 aliphatic rings. The number of ether oxygens (including phenoxy) is 1. The number of carbonyl (C=O) groups is 2. The van der Waals surface area contributed by atoms with E-state index in [4.69, 9.17) is 4.74 Å². The van der Waals surface area contributed by atoms with Gasteiger partial charge in [-0.2, -0.15) is 0 Å². The second kappa shape index (κ2) is 63.9. The van der Waals surface area contributed by atoms with E-state index in [-0.39, 0.29) is 18.5 Å². The molecule has 2 unspecified atom stereocenters. The fourth-order valence-electron chi connectivity index (χ4n) is 10.6. The lowest BCUT2D eigenvalue weighted by molar-refractivity contribution is -0.143. The van der Waals surface area contributed by atoms with Crippen LogP contribution < -0.4 is 5.32 Å². The van der Waals surface area contributed by atoms with Crippen molar-refractivity contribution >= 4 is 11.9 Å². The van der Waals surface area contributed by atoms with Crippen LogP contribution in [0.25, 0.3) is 0 Å². The lowest BCUT2D eigenvalue weighted by Crippen LogP contribution is -2.45. The Hall–Kier alpha value is -1.66. The maximum atomic E-state index is 12.5. The summed E-state index contributed by atoms with van der Waals surface area (Å²) in [6, 6.07) is -0.539. The van der Waals surface area contributed by atoms with Crippen molar-refractivity contribution in [2.75, 3.05) is 13.2 Å². The zero-order valence-electron chi connectivity index (χ0n) is 50.1. The van der Waals surface area contributed by atoms with Crippen LogP contribution in [0.4, 0.5) is 0 Å². The Morgan fingerprint density at radius 3 is 0.959 bits per heavy atom. The smallest absolute Gasteiger partial charge is 0.305 e. The zero-order chi connectivity index (χ0) is 53.6. The number of esters is 1. The van der Waals surface area contributed by atoms with Crippen molar-refractivity contribution in [1.82, 2.24) is 5.32 Å². The molecule has 0 aliphatic carbocycles. The molecule has 0 saturated heterocycles. The fraction of sp³-hybridized carbons (Fsp3) is 0.912. The number of unbranched alkanes of at least 4 members (excludes halogenated alkanes) is 48. The molecule has 438 valence electrons. The van der Waals surface area contributed by atoms with Gasteiger partial charge in [0.1, 0.15) is 0 Å². The van der Waals surface area contributed by atoms with Crippen LogP contribution in [-0.4, -0.2) is 47.4 Å². The Morgan fingerprint density at radius 1 is 0.365 bits per heavy atom. The lowest BCUT2D eigenvalue weighted by atomic mass is 10.0. The minimum absolute atomic E-state index is 0.0136. The number of rotatable bonds is 63. The first-order valence-corrected chi connectivity index (χ1v) is 33.6. The van der Waals surface area contributed by atoms with Crippen LogP contribution in [0.15, 0.2) is 24.3 Å². The number of carbonyl (C=O) groups excluding carboxylic acids is 2. The predicted molar refractivity (Wildman–Crippen MR) is 324 cm³/mol. The summed E-state index contributed by atoms with van der Waals surface area (Å²) in [4.78, 5) is 24.5. The summed E-state index contributed by atoms with van der Waals surface area (Å²) >= 11 is 0. The fourth-order valence-corrected chi connectivity index (χ4v) is 10.6. The average Bonchev–Trinajstić information content (AvgIpc) is 3.40. The molecule has 6 heteroatoms. The van der Waals surface area contributed by atoms with Gasteiger partial charge in [-0.1, -0.05) is 308 Å². The molecule has 0 radical (unpaired) electrons. The summed E-state index contributed by atoms with van der Waals surface area (Å²) in [5, 5.41) is 23.2. The maximum absolute atomic E-state index is 12.5. The van der Waals surface area contributed by atoms with E-state index in [1.807, 2.05) is 0 Å². The first-order valence-electron chi connectivity index (χ1n) is 33.6. The number of allylic oxidation sites excluding steroid dienone is 4. The Labute approximate surface area is 462 Å². The van der Waals surface area contributed by atoms with Gasteiger partial charge in [0, 0.05) is 12.8 Å². The number of amides is 1. The highest BCUT2D eigenvalue weighted by molar-refractivity contribution is 5.76. The minimum atomic E-state index is -0.662. The molecule has 2 atom stereocenters. The highest BCUT2D eigenvalue weighted by atomic mass is 16.5. The lowest BCUT2D eigenvalue weighted by Gasteiger charge is -2.22. The standard InChI is InChI=1S/C68H131NO5/c1-3-5-7-9-11-13-15-16-17-31-35-38-42-46-50-54-58-62-68(73)74-63-59-55-51-47-43-39-36-33-30-28-26-24-22-20-18-19-21-23-25-27-29-32-34-37-41-45-49-53-57-61-67(72)69-65(64-70)66(71)60-56-52-48-44-40-14-12-10-8-6-4-2/h16-18,20,65-66,70-71H,3-15,19,21-64H2,1-2H3,(H,69,72)/b17-16-,20-18-. The molecule has 0 bridgehead atoms. The van der Waals surface area contributed by atoms with Gasteiger partial charge in [0.25, 0.3) is 0 Å². The Morgan fingerprint density at radius 2 is 0.635 bits per heavy atom. The van der Waals surface area contributed by atoms with Gasteiger partial charge in [0.2, 0.25) is 5.91 Å². The van der Waals surface area contributed by atoms with Gasteiger partial charge in [-0.25, -0.2) is 0 Å². The third-order valence-corrected chi connectivity index (χ3v) is 15.7. The van der Waals surface area contributed by atoms with Crippen LogP contribution in [0.5, 0.6) is 0 Å². The largest absolute Gasteiger partial charge is 0.466 e. The molecule has 0 fully saturated rings. The van der Waals surface area contributed by atoms with Crippen molar-refractivity contribution in [1.29, 1.82) is 0 Å². The van der Waals surface area contributed by atoms with E-state index in [9.17, 15) is 19.8 Å². The summed E-state index contributed by atoms with van der Waals surface area (Å²) < 4.78 is 5.50. The first kappa shape index (κ1) is 72.3. The molecule has 74 heavy (non-hydrogen) atoms.